The highest BCUT2D eigenvalue weighted by molar-refractivity contribution is 9.10. The first-order chi connectivity index (χ1) is 7.08. The normalized spacial score (nSPS) is 11.6. The molecule has 0 amide bonds. The molecule has 1 rings (SSSR count). The molecule has 2 nitrogen and oxygen atoms in total. The van der Waals surface area contributed by atoms with E-state index in [0.29, 0.717) is 6.04 Å². The van der Waals surface area contributed by atoms with Crippen LogP contribution in [0.2, 0.25) is 0 Å². The van der Waals surface area contributed by atoms with Crippen LogP contribution in [0.3, 0.4) is 0 Å². The summed E-state index contributed by atoms with van der Waals surface area (Å²) in [4.78, 5) is 3.75. The van der Waals surface area contributed by atoms with Gasteiger partial charge in [-0.3, -0.25) is 0 Å². The second-order valence-corrected chi connectivity index (χ2v) is 5.99. The lowest BCUT2D eigenvalue weighted by molar-refractivity contribution is 0.322. The number of rotatable bonds is 6. The summed E-state index contributed by atoms with van der Waals surface area (Å²) in [6.45, 7) is 7.54. The van der Waals surface area contributed by atoms with Crippen LogP contribution in [0.1, 0.15) is 18.7 Å². The van der Waals surface area contributed by atoms with Crippen molar-refractivity contribution in [2.75, 3.05) is 20.1 Å². The standard InChI is InChI=1S/C11H19BrN2S/c1-9(2)13-4-5-14(3)7-11-6-10(12)8-15-11/h6,8-9,13H,4-5,7H2,1-3H3. The Balaban J connectivity index is 2.21. The Labute approximate surface area is 105 Å². The molecular weight excluding hydrogens is 272 g/mol. The molecule has 0 fully saturated rings. The number of likely N-dealkylation sites (N-methyl/N-ethyl adjacent to an activating group) is 1. The van der Waals surface area contributed by atoms with Crippen LogP contribution in [0.15, 0.2) is 15.9 Å². The van der Waals surface area contributed by atoms with E-state index in [1.54, 1.807) is 0 Å². The fraction of sp³-hybridized carbons (Fsp3) is 0.636. The van der Waals surface area contributed by atoms with Crippen molar-refractivity contribution in [1.29, 1.82) is 0 Å². The summed E-state index contributed by atoms with van der Waals surface area (Å²) in [7, 11) is 2.16. The molecule has 0 spiro atoms. The summed E-state index contributed by atoms with van der Waals surface area (Å²) in [5, 5.41) is 5.55. The highest BCUT2D eigenvalue weighted by Gasteiger charge is 2.02. The molecule has 0 aromatic carbocycles. The Morgan fingerprint density at radius 2 is 2.27 bits per heavy atom. The summed E-state index contributed by atoms with van der Waals surface area (Å²) in [6.07, 6.45) is 0. The van der Waals surface area contributed by atoms with Gasteiger partial charge in [-0.15, -0.1) is 11.3 Å². The van der Waals surface area contributed by atoms with Gasteiger partial charge < -0.3 is 10.2 Å². The monoisotopic (exact) mass is 290 g/mol. The third-order valence-corrected chi connectivity index (χ3v) is 3.78. The third-order valence-electron chi connectivity index (χ3n) is 2.09. The van der Waals surface area contributed by atoms with Gasteiger partial charge in [-0.25, -0.2) is 0 Å². The lowest BCUT2D eigenvalue weighted by Crippen LogP contribution is -2.32. The average Bonchev–Trinajstić information content (AvgIpc) is 2.50. The zero-order valence-electron chi connectivity index (χ0n) is 9.59. The van der Waals surface area contributed by atoms with Gasteiger partial charge in [-0.1, -0.05) is 13.8 Å². The topological polar surface area (TPSA) is 15.3 Å². The van der Waals surface area contributed by atoms with Gasteiger partial charge in [0.1, 0.15) is 0 Å². The minimum atomic E-state index is 0.578. The van der Waals surface area contributed by atoms with E-state index in [-0.39, 0.29) is 0 Å². The second-order valence-electron chi connectivity index (χ2n) is 4.08. The molecular formula is C11H19BrN2S. The number of hydrogen-bond donors (Lipinski definition) is 1. The van der Waals surface area contributed by atoms with Crippen molar-refractivity contribution in [3.8, 4) is 0 Å². The third kappa shape index (κ3) is 5.66. The van der Waals surface area contributed by atoms with Crippen LogP contribution in [0.25, 0.3) is 0 Å². The molecule has 0 atom stereocenters. The average molecular weight is 291 g/mol. The van der Waals surface area contributed by atoms with E-state index >= 15 is 0 Å². The number of thiophene rings is 1. The molecule has 0 radical (unpaired) electrons. The maximum absolute atomic E-state index is 3.47. The van der Waals surface area contributed by atoms with E-state index in [1.165, 1.54) is 9.35 Å². The van der Waals surface area contributed by atoms with Crippen molar-refractivity contribution < 1.29 is 0 Å². The van der Waals surface area contributed by atoms with Gasteiger partial charge in [0.15, 0.2) is 0 Å². The molecule has 0 bridgehead atoms. The van der Waals surface area contributed by atoms with Gasteiger partial charge in [-0.05, 0) is 29.0 Å². The molecule has 0 saturated heterocycles. The summed E-state index contributed by atoms with van der Waals surface area (Å²) in [5.74, 6) is 0. The highest BCUT2D eigenvalue weighted by Crippen LogP contribution is 2.20. The van der Waals surface area contributed by atoms with Crippen molar-refractivity contribution in [2.45, 2.75) is 26.4 Å². The molecule has 1 aromatic rings. The van der Waals surface area contributed by atoms with E-state index in [2.05, 4.69) is 58.5 Å². The molecule has 1 N–H and O–H groups in total. The minimum absolute atomic E-state index is 0.578. The predicted octanol–water partition coefficient (Wildman–Crippen LogP) is 2.94. The number of halogens is 1. The summed E-state index contributed by atoms with van der Waals surface area (Å²) in [5.41, 5.74) is 0. The quantitative estimate of drug-likeness (QED) is 0.867. The molecule has 4 heteroatoms. The number of nitrogens with zero attached hydrogens (tertiary/aromatic N) is 1. The Morgan fingerprint density at radius 1 is 1.53 bits per heavy atom. The first-order valence-electron chi connectivity index (χ1n) is 5.22. The van der Waals surface area contributed by atoms with Crippen molar-refractivity contribution in [3.05, 3.63) is 20.8 Å². The Kier molecular flexibility index (Phi) is 5.82. The first kappa shape index (κ1) is 13.2. The lowest BCUT2D eigenvalue weighted by Gasteiger charge is -2.17. The Hall–Kier alpha value is 0.1000. The maximum Gasteiger partial charge on any atom is 0.0325 e. The molecule has 0 aliphatic carbocycles. The van der Waals surface area contributed by atoms with Crippen LogP contribution in [0.4, 0.5) is 0 Å². The Morgan fingerprint density at radius 3 is 2.80 bits per heavy atom. The van der Waals surface area contributed by atoms with Crippen molar-refractivity contribution in [2.24, 2.45) is 0 Å². The van der Waals surface area contributed by atoms with Crippen LogP contribution < -0.4 is 5.32 Å². The van der Waals surface area contributed by atoms with Gasteiger partial charge in [0, 0.05) is 40.4 Å². The van der Waals surface area contributed by atoms with E-state index in [9.17, 15) is 0 Å². The smallest absolute Gasteiger partial charge is 0.0325 e. The lowest BCUT2D eigenvalue weighted by atomic mass is 10.4. The first-order valence-corrected chi connectivity index (χ1v) is 6.90. The van der Waals surface area contributed by atoms with E-state index in [1.807, 2.05) is 11.3 Å². The largest absolute Gasteiger partial charge is 0.313 e. The summed E-state index contributed by atoms with van der Waals surface area (Å²) >= 11 is 5.28. The molecule has 1 heterocycles. The second kappa shape index (κ2) is 6.63. The molecule has 0 saturated carbocycles. The van der Waals surface area contributed by atoms with Gasteiger partial charge >= 0.3 is 0 Å². The zero-order chi connectivity index (χ0) is 11.3. The molecule has 0 unspecified atom stereocenters. The Bertz CT molecular complexity index is 286. The van der Waals surface area contributed by atoms with Crippen LogP contribution in [-0.4, -0.2) is 31.1 Å². The van der Waals surface area contributed by atoms with Crippen LogP contribution in [0.5, 0.6) is 0 Å². The van der Waals surface area contributed by atoms with Crippen molar-refractivity contribution in [3.63, 3.8) is 0 Å². The maximum atomic E-state index is 3.47. The summed E-state index contributed by atoms with van der Waals surface area (Å²) in [6, 6.07) is 2.77. The fourth-order valence-corrected chi connectivity index (χ4v) is 2.86. The fourth-order valence-electron chi connectivity index (χ4n) is 1.33. The number of hydrogen-bond acceptors (Lipinski definition) is 3. The predicted molar refractivity (Wildman–Crippen MR) is 71.5 cm³/mol. The highest BCUT2D eigenvalue weighted by atomic mass is 79.9. The molecule has 86 valence electrons. The van der Waals surface area contributed by atoms with Crippen molar-refractivity contribution >= 4 is 27.3 Å². The molecule has 15 heavy (non-hydrogen) atoms. The zero-order valence-corrected chi connectivity index (χ0v) is 12.0. The van der Waals surface area contributed by atoms with E-state index < -0.39 is 0 Å². The SMILES string of the molecule is CC(C)NCCN(C)Cc1cc(Br)cs1. The van der Waals surface area contributed by atoms with Gasteiger partial charge in [0.25, 0.3) is 0 Å². The minimum Gasteiger partial charge on any atom is -0.313 e. The summed E-state index contributed by atoms with van der Waals surface area (Å²) < 4.78 is 1.19. The van der Waals surface area contributed by atoms with Gasteiger partial charge in [0.2, 0.25) is 0 Å². The molecule has 1 aromatic heterocycles. The van der Waals surface area contributed by atoms with Crippen LogP contribution >= 0.6 is 27.3 Å². The van der Waals surface area contributed by atoms with Crippen LogP contribution in [0, 0.1) is 0 Å². The van der Waals surface area contributed by atoms with Crippen LogP contribution in [-0.2, 0) is 6.54 Å². The van der Waals surface area contributed by atoms with E-state index in [4.69, 9.17) is 0 Å². The molecule has 0 aliphatic rings. The number of nitrogens with one attached hydrogen (secondary N) is 1. The van der Waals surface area contributed by atoms with Crippen molar-refractivity contribution in [1.82, 2.24) is 10.2 Å². The van der Waals surface area contributed by atoms with Gasteiger partial charge in [0.05, 0.1) is 0 Å². The van der Waals surface area contributed by atoms with E-state index in [0.717, 1.165) is 19.6 Å². The van der Waals surface area contributed by atoms with Gasteiger partial charge in [-0.2, -0.15) is 0 Å². The molecule has 0 aliphatic heterocycles.